The molecule has 3 heterocycles. The van der Waals surface area contributed by atoms with Crippen LogP contribution in [0.1, 0.15) is 57.3 Å². The molecule has 1 amide bonds. The highest BCUT2D eigenvalue weighted by Crippen LogP contribution is 2.37. The molecule has 1 atom stereocenters. The van der Waals surface area contributed by atoms with Crippen molar-refractivity contribution in [3.63, 3.8) is 0 Å². The van der Waals surface area contributed by atoms with Crippen molar-refractivity contribution in [3.05, 3.63) is 24.2 Å². The summed E-state index contributed by atoms with van der Waals surface area (Å²) in [5.74, 6) is 2.84. The monoisotopic (exact) mass is 383 g/mol. The Balaban J connectivity index is 1.54. The number of piperidine rings is 1. The molecule has 2 aromatic rings. The molecule has 7 heteroatoms. The van der Waals surface area contributed by atoms with Gasteiger partial charge in [0, 0.05) is 38.8 Å². The third-order valence-electron chi connectivity index (χ3n) is 5.93. The lowest BCUT2D eigenvalue weighted by atomic mass is 9.85. The van der Waals surface area contributed by atoms with Crippen molar-refractivity contribution in [3.8, 4) is 11.4 Å². The maximum absolute atomic E-state index is 12.8. The van der Waals surface area contributed by atoms with Crippen molar-refractivity contribution in [2.45, 2.75) is 51.4 Å². The van der Waals surface area contributed by atoms with Crippen LogP contribution in [-0.4, -0.2) is 52.6 Å². The van der Waals surface area contributed by atoms with E-state index in [0.29, 0.717) is 18.3 Å². The highest BCUT2D eigenvalue weighted by molar-refractivity contribution is 5.80. The summed E-state index contributed by atoms with van der Waals surface area (Å²) < 4.78 is 5.51. The van der Waals surface area contributed by atoms with E-state index in [9.17, 15) is 4.79 Å². The zero-order valence-corrected chi connectivity index (χ0v) is 16.8. The minimum Gasteiger partial charge on any atom is -0.355 e. The van der Waals surface area contributed by atoms with Crippen molar-refractivity contribution >= 4 is 11.7 Å². The maximum atomic E-state index is 12.8. The fourth-order valence-corrected chi connectivity index (χ4v) is 4.12. The lowest BCUT2D eigenvalue weighted by Gasteiger charge is -2.35. The van der Waals surface area contributed by atoms with Gasteiger partial charge in [-0.3, -0.25) is 4.79 Å². The molecule has 2 aliphatic rings. The van der Waals surface area contributed by atoms with Crippen LogP contribution < -0.4 is 4.90 Å². The topological polar surface area (TPSA) is 75.4 Å². The highest BCUT2D eigenvalue weighted by atomic mass is 16.5. The molecule has 4 rings (SSSR count). The number of rotatable bonds is 6. The summed E-state index contributed by atoms with van der Waals surface area (Å²) in [4.78, 5) is 26.1. The van der Waals surface area contributed by atoms with Gasteiger partial charge in [0.05, 0.1) is 11.5 Å². The molecule has 1 saturated heterocycles. The van der Waals surface area contributed by atoms with Crippen LogP contribution in [0, 0.1) is 5.92 Å². The van der Waals surface area contributed by atoms with E-state index in [1.807, 2.05) is 24.1 Å². The summed E-state index contributed by atoms with van der Waals surface area (Å²) in [6.07, 6.45) is 8.16. The van der Waals surface area contributed by atoms with Gasteiger partial charge in [-0.25, -0.2) is 4.98 Å². The molecule has 0 aromatic carbocycles. The molecular weight excluding hydrogens is 354 g/mol. The van der Waals surface area contributed by atoms with Gasteiger partial charge in [0.2, 0.25) is 17.6 Å². The molecule has 2 fully saturated rings. The molecule has 1 aliphatic heterocycles. The zero-order valence-electron chi connectivity index (χ0n) is 16.8. The molecule has 0 bridgehead atoms. The van der Waals surface area contributed by atoms with Gasteiger partial charge in [0.25, 0.3) is 0 Å². The second-order valence-corrected chi connectivity index (χ2v) is 8.00. The molecule has 1 unspecified atom stereocenters. The summed E-state index contributed by atoms with van der Waals surface area (Å²) in [5, 5.41) is 4.22. The van der Waals surface area contributed by atoms with Crippen LogP contribution in [0.25, 0.3) is 11.4 Å². The molecule has 28 heavy (non-hydrogen) atoms. The predicted octanol–water partition coefficient (Wildman–Crippen LogP) is 3.48. The van der Waals surface area contributed by atoms with Crippen LogP contribution in [-0.2, 0) is 4.79 Å². The third kappa shape index (κ3) is 3.75. The van der Waals surface area contributed by atoms with Gasteiger partial charge in [0.15, 0.2) is 0 Å². The fraction of sp³-hybridized carbons (Fsp3) is 0.619. The number of hydrogen-bond acceptors (Lipinski definition) is 6. The number of carbonyl (C=O) groups excluding carboxylic acids is 1. The van der Waals surface area contributed by atoms with E-state index in [1.54, 1.807) is 6.20 Å². The average molecular weight is 383 g/mol. The Bertz CT molecular complexity index is 817. The predicted molar refractivity (Wildman–Crippen MR) is 107 cm³/mol. The van der Waals surface area contributed by atoms with Crippen molar-refractivity contribution in [2.75, 3.05) is 31.6 Å². The zero-order chi connectivity index (χ0) is 19.5. The highest BCUT2D eigenvalue weighted by Gasteiger charge is 2.31. The smallest absolute Gasteiger partial charge is 0.230 e. The number of carbonyl (C=O) groups is 1. The van der Waals surface area contributed by atoms with Gasteiger partial charge < -0.3 is 14.3 Å². The first-order valence-electron chi connectivity index (χ1n) is 10.5. The van der Waals surface area contributed by atoms with Crippen LogP contribution >= 0.6 is 0 Å². The van der Waals surface area contributed by atoms with E-state index in [2.05, 4.69) is 26.9 Å². The standard InChI is InChI=1S/C21H29N5O2/c1-3-12-25(2)21(27)16-9-6-13-26(14-16)19-17(10-5-11-22-19)18-23-20(28-24-18)15-7-4-8-15/h5,10-11,15-16H,3-4,6-9,12-14H2,1-2H3. The lowest BCUT2D eigenvalue weighted by Crippen LogP contribution is -2.44. The average Bonchev–Trinajstić information content (AvgIpc) is 3.15. The van der Waals surface area contributed by atoms with Gasteiger partial charge in [-0.15, -0.1) is 0 Å². The van der Waals surface area contributed by atoms with Crippen LogP contribution in [0.15, 0.2) is 22.9 Å². The summed E-state index contributed by atoms with van der Waals surface area (Å²) in [5.41, 5.74) is 0.881. The van der Waals surface area contributed by atoms with E-state index in [4.69, 9.17) is 4.52 Å². The van der Waals surface area contributed by atoms with Crippen LogP contribution in [0.3, 0.4) is 0 Å². The fourth-order valence-electron chi connectivity index (χ4n) is 4.12. The third-order valence-corrected chi connectivity index (χ3v) is 5.93. The summed E-state index contributed by atoms with van der Waals surface area (Å²) >= 11 is 0. The molecular formula is C21H29N5O2. The number of nitrogens with zero attached hydrogens (tertiary/aromatic N) is 5. The van der Waals surface area contributed by atoms with E-state index in [0.717, 1.165) is 62.5 Å². The Kier molecular flexibility index (Phi) is 5.59. The Morgan fingerprint density at radius 3 is 2.93 bits per heavy atom. The summed E-state index contributed by atoms with van der Waals surface area (Å²) in [7, 11) is 1.90. The minimum atomic E-state index is 0.0101. The van der Waals surface area contributed by atoms with Crippen LogP contribution in [0.4, 0.5) is 5.82 Å². The van der Waals surface area contributed by atoms with Crippen LogP contribution in [0.5, 0.6) is 0 Å². The minimum absolute atomic E-state index is 0.0101. The normalized spacial score (nSPS) is 20.1. The summed E-state index contributed by atoms with van der Waals surface area (Å²) in [6, 6.07) is 3.90. The Morgan fingerprint density at radius 2 is 2.18 bits per heavy atom. The SMILES string of the molecule is CCCN(C)C(=O)C1CCCN(c2ncccc2-c2noc(C3CCC3)n2)C1. The van der Waals surface area contributed by atoms with Gasteiger partial charge in [-0.1, -0.05) is 18.5 Å². The number of aromatic nitrogens is 3. The molecule has 0 spiro atoms. The molecule has 0 N–H and O–H groups in total. The molecule has 2 aromatic heterocycles. The van der Waals surface area contributed by atoms with Gasteiger partial charge in [0.1, 0.15) is 5.82 Å². The van der Waals surface area contributed by atoms with Gasteiger partial charge in [-0.05, 0) is 44.2 Å². The van der Waals surface area contributed by atoms with E-state index >= 15 is 0 Å². The number of hydrogen-bond donors (Lipinski definition) is 0. The first-order chi connectivity index (χ1) is 13.7. The van der Waals surface area contributed by atoms with Gasteiger partial charge >= 0.3 is 0 Å². The molecule has 1 aliphatic carbocycles. The van der Waals surface area contributed by atoms with Gasteiger partial charge in [-0.2, -0.15) is 4.98 Å². The molecule has 150 valence electrons. The molecule has 7 nitrogen and oxygen atoms in total. The van der Waals surface area contributed by atoms with E-state index in [1.165, 1.54) is 6.42 Å². The molecule has 1 saturated carbocycles. The van der Waals surface area contributed by atoms with E-state index in [-0.39, 0.29) is 11.8 Å². The number of pyridine rings is 1. The largest absolute Gasteiger partial charge is 0.355 e. The Morgan fingerprint density at radius 1 is 1.32 bits per heavy atom. The Hall–Kier alpha value is -2.44. The second-order valence-electron chi connectivity index (χ2n) is 8.00. The summed E-state index contributed by atoms with van der Waals surface area (Å²) in [6.45, 7) is 4.47. The van der Waals surface area contributed by atoms with E-state index < -0.39 is 0 Å². The maximum Gasteiger partial charge on any atom is 0.230 e. The van der Waals surface area contributed by atoms with Crippen molar-refractivity contribution < 1.29 is 9.32 Å². The first kappa shape index (κ1) is 18.9. The van der Waals surface area contributed by atoms with Crippen molar-refractivity contribution in [1.29, 1.82) is 0 Å². The molecule has 0 radical (unpaired) electrons. The van der Waals surface area contributed by atoms with Crippen molar-refractivity contribution in [2.24, 2.45) is 5.92 Å². The Labute approximate surface area is 166 Å². The second kappa shape index (κ2) is 8.29. The number of anilines is 1. The first-order valence-corrected chi connectivity index (χ1v) is 10.5. The lowest BCUT2D eigenvalue weighted by molar-refractivity contribution is -0.134. The van der Waals surface area contributed by atoms with Crippen molar-refractivity contribution in [1.82, 2.24) is 20.0 Å². The van der Waals surface area contributed by atoms with Crippen LogP contribution in [0.2, 0.25) is 0 Å². The number of amides is 1. The quantitative estimate of drug-likeness (QED) is 0.760.